The third-order valence-electron chi connectivity index (χ3n) is 3.67. The minimum absolute atomic E-state index is 0.331. The first-order valence-corrected chi connectivity index (χ1v) is 9.15. The Labute approximate surface area is 148 Å². The standard InChI is InChI=1S/C11H13O.C7H6O2.Na/c1-12-11-8-4-6-9-5-2-3-7-10(9)11;8-7(9)6-4-2-1-3-5-6;/h4,6,8H,1-3,5,7H2;1-5H,(H,8,9);. The van der Waals surface area contributed by atoms with Crippen molar-refractivity contribution in [3.8, 4) is 5.75 Å². The summed E-state index contributed by atoms with van der Waals surface area (Å²) in [6.45, 7) is 0. The zero-order valence-corrected chi connectivity index (χ0v) is 14.9. The maximum atomic E-state index is 10.2. The normalized spacial score (nSPS) is 12.6. The third-order valence-corrected chi connectivity index (χ3v) is 3.96. The van der Waals surface area contributed by atoms with Crippen LogP contribution in [-0.4, -0.2) is 42.9 Å². The van der Waals surface area contributed by atoms with E-state index < -0.39 is 5.97 Å². The molecule has 1 aliphatic carbocycles. The van der Waals surface area contributed by atoms with E-state index in [9.17, 15) is 4.79 Å². The van der Waals surface area contributed by atoms with Crippen molar-refractivity contribution in [2.24, 2.45) is 0 Å². The average molecular weight is 306 g/mol. The molecule has 0 saturated heterocycles. The van der Waals surface area contributed by atoms with Crippen LogP contribution >= 0.6 is 0 Å². The summed E-state index contributed by atoms with van der Waals surface area (Å²) in [4.78, 5) is 10.2. The summed E-state index contributed by atoms with van der Waals surface area (Å²) in [7, 11) is 0. The van der Waals surface area contributed by atoms with E-state index in [1.54, 1.807) is 30.3 Å². The molecule has 0 unspecified atom stereocenters. The summed E-state index contributed by atoms with van der Waals surface area (Å²) < 4.78 is 6.58. The molecular formula is C18H19NaO3. The van der Waals surface area contributed by atoms with Crippen molar-refractivity contribution >= 4 is 33.9 Å². The number of hydrogen-bond donors (Lipinski definition) is 1. The van der Waals surface area contributed by atoms with Crippen LogP contribution in [0.25, 0.3) is 0 Å². The van der Waals surface area contributed by atoms with E-state index in [1.807, 2.05) is 0 Å². The summed E-state index contributed by atoms with van der Waals surface area (Å²) in [6, 6.07) is 14.8. The van der Waals surface area contributed by atoms with Gasteiger partial charge in [-0.15, -0.1) is 0 Å². The molecule has 4 heteroatoms. The molecule has 0 saturated carbocycles. The Morgan fingerprint density at radius 3 is 2.41 bits per heavy atom. The molecule has 0 aliphatic heterocycles. The second kappa shape index (κ2) is 8.99. The Bertz CT molecular complexity index is 611. The van der Waals surface area contributed by atoms with E-state index in [0.29, 0.717) is 5.56 Å². The fourth-order valence-corrected chi connectivity index (χ4v) is 2.93. The Hall–Kier alpha value is -1.29. The van der Waals surface area contributed by atoms with Crippen LogP contribution in [0.1, 0.15) is 34.3 Å². The van der Waals surface area contributed by atoms with Crippen LogP contribution < -0.4 is 4.74 Å². The van der Waals surface area contributed by atoms with Crippen molar-refractivity contribution in [2.45, 2.75) is 25.7 Å². The predicted octanol–water partition coefficient (Wildman–Crippen LogP) is 3.46. The van der Waals surface area contributed by atoms with Crippen LogP contribution in [0.15, 0.2) is 48.5 Å². The van der Waals surface area contributed by atoms with Crippen molar-refractivity contribution in [1.82, 2.24) is 0 Å². The first-order valence-electron chi connectivity index (χ1n) is 7.74. The minimum atomic E-state index is -0.879. The number of rotatable bonds is 3. The Kier molecular flexibility index (Phi) is 6.97. The van der Waals surface area contributed by atoms with Gasteiger partial charge in [-0.2, -0.15) is 0 Å². The molecule has 0 bridgehead atoms. The molecular weight excluding hydrogens is 287 g/mol. The molecule has 1 N–H and O–H groups in total. The first kappa shape index (κ1) is 17.1. The molecule has 0 amide bonds. The molecule has 2 aromatic rings. The van der Waals surface area contributed by atoms with Gasteiger partial charge in [0.1, 0.15) is 0 Å². The molecule has 3 rings (SSSR count). The van der Waals surface area contributed by atoms with Crippen molar-refractivity contribution < 1.29 is 14.6 Å². The molecule has 1 aliphatic rings. The van der Waals surface area contributed by atoms with Crippen LogP contribution in [0.3, 0.4) is 0 Å². The Balaban J connectivity index is 0.000000172. The van der Waals surface area contributed by atoms with E-state index in [-0.39, 0.29) is 0 Å². The van der Waals surface area contributed by atoms with Gasteiger partial charge >= 0.3 is 103 Å². The molecule has 3 nitrogen and oxygen atoms in total. The van der Waals surface area contributed by atoms with E-state index in [1.165, 1.54) is 36.8 Å². The van der Waals surface area contributed by atoms with Crippen molar-refractivity contribution in [2.75, 3.05) is 3.86 Å². The van der Waals surface area contributed by atoms with E-state index >= 15 is 0 Å². The Morgan fingerprint density at radius 1 is 1.05 bits per heavy atom. The van der Waals surface area contributed by atoms with Gasteiger partial charge in [0, 0.05) is 0 Å². The predicted molar refractivity (Wildman–Crippen MR) is 87.7 cm³/mol. The monoisotopic (exact) mass is 306 g/mol. The molecule has 110 valence electrons. The van der Waals surface area contributed by atoms with Gasteiger partial charge in [-0.1, -0.05) is 18.2 Å². The van der Waals surface area contributed by atoms with Gasteiger partial charge in [0.15, 0.2) is 0 Å². The molecule has 22 heavy (non-hydrogen) atoms. The van der Waals surface area contributed by atoms with Gasteiger partial charge in [-0.3, -0.25) is 0 Å². The van der Waals surface area contributed by atoms with Crippen molar-refractivity contribution in [3.63, 3.8) is 0 Å². The van der Waals surface area contributed by atoms with Crippen LogP contribution in [-0.2, 0) is 12.8 Å². The number of hydrogen-bond acceptors (Lipinski definition) is 2. The number of benzene rings is 2. The number of carboxylic acids is 1. The van der Waals surface area contributed by atoms with Gasteiger partial charge in [-0.25, -0.2) is 4.79 Å². The van der Waals surface area contributed by atoms with Gasteiger partial charge in [0.05, 0.1) is 5.56 Å². The molecule has 0 aromatic heterocycles. The summed E-state index contributed by atoms with van der Waals surface area (Å²) in [5.74, 6) is 0.266. The van der Waals surface area contributed by atoms with Gasteiger partial charge in [0.2, 0.25) is 0 Å². The second-order valence-corrected chi connectivity index (χ2v) is 5.78. The number of ether oxygens (including phenoxy) is 1. The van der Waals surface area contributed by atoms with Crippen molar-refractivity contribution in [3.05, 3.63) is 65.2 Å². The fourth-order valence-electron chi connectivity index (χ4n) is 2.62. The summed E-state index contributed by atoms with van der Waals surface area (Å²) in [6.07, 6.45) is 5.13. The van der Waals surface area contributed by atoms with E-state index in [2.05, 4.69) is 18.2 Å². The third kappa shape index (κ3) is 4.87. The van der Waals surface area contributed by atoms with Gasteiger partial charge < -0.3 is 5.11 Å². The summed E-state index contributed by atoms with van der Waals surface area (Å²) >= 11 is 1.12. The van der Waals surface area contributed by atoms with Gasteiger partial charge in [-0.05, 0) is 12.1 Å². The van der Waals surface area contributed by atoms with Crippen molar-refractivity contribution in [1.29, 1.82) is 0 Å². The molecule has 0 radical (unpaired) electrons. The molecule has 0 fully saturated rings. The van der Waals surface area contributed by atoms with Gasteiger partial charge in [0.25, 0.3) is 0 Å². The van der Waals surface area contributed by atoms with Crippen LogP contribution in [0.4, 0.5) is 0 Å². The van der Waals surface area contributed by atoms with Crippen LogP contribution in [0.2, 0.25) is 0 Å². The number of aryl methyl sites for hydroxylation is 1. The number of fused-ring (bicyclic) bond motifs is 1. The number of aromatic carboxylic acids is 1. The van der Waals surface area contributed by atoms with E-state index in [0.717, 1.165) is 37.5 Å². The molecule has 0 atom stereocenters. The van der Waals surface area contributed by atoms with E-state index in [4.69, 9.17) is 9.84 Å². The van der Waals surface area contributed by atoms with Crippen LogP contribution in [0.5, 0.6) is 5.75 Å². The SMILES string of the molecule is O=C(O)c1ccccc1.[Na][CH2]Oc1cccc2c1CCCC2. The zero-order chi connectivity index (χ0) is 15.8. The number of carbonyl (C=O) groups is 1. The molecule has 2 aromatic carbocycles. The zero-order valence-electron chi connectivity index (χ0n) is 12.9. The molecule has 0 spiro atoms. The van der Waals surface area contributed by atoms with Crippen LogP contribution in [0, 0.1) is 0 Å². The Morgan fingerprint density at radius 2 is 1.77 bits per heavy atom. The number of carboxylic acid groups (broad SMARTS) is 1. The second-order valence-electron chi connectivity index (χ2n) is 5.21. The summed E-state index contributed by atoms with van der Waals surface area (Å²) in [5.41, 5.74) is 3.32. The first-order chi connectivity index (χ1) is 10.7. The maximum absolute atomic E-state index is 10.2. The molecule has 0 heterocycles. The summed E-state index contributed by atoms with van der Waals surface area (Å²) in [5, 5.41) is 8.38. The fraction of sp³-hybridized carbons (Fsp3) is 0.278. The quantitative estimate of drug-likeness (QED) is 0.883. The topological polar surface area (TPSA) is 46.5 Å². The average Bonchev–Trinajstić information content (AvgIpc) is 2.57.